The molecule has 1 saturated heterocycles. The fourth-order valence-corrected chi connectivity index (χ4v) is 4.21. The van der Waals surface area contributed by atoms with Crippen LogP contribution in [0.4, 0.5) is 0 Å². The Labute approximate surface area is 109 Å². The van der Waals surface area contributed by atoms with E-state index in [1.54, 1.807) is 0 Å². The zero-order chi connectivity index (χ0) is 11.8. The standard InChI is InChI=1S/C14H22ClNO/c15-8-10-4-3-7-16(9-10)14(17)13-11-5-1-2-6-12(11)13/h10-13H,1-9H2. The fraction of sp³-hybridized carbons (Fsp3) is 0.929. The number of halogens is 1. The van der Waals surface area contributed by atoms with Crippen molar-refractivity contribution in [1.82, 2.24) is 4.90 Å². The molecule has 1 heterocycles. The summed E-state index contributed by atoms with van der Waals surface area (Å²) in [6.45, 7) is 1.89. The molecule has 1 aliphatic heterocycles. The Kier molecular flexibility index (Phi) is 3.34. The highest BCUT2D eigenvalue weighted by molar-refractivity contribution is 6.18. The van der Waals surface area contributed by atoms with Gasteiger partial charge in [0.05, 0.1) is 0 Å². The number of carbonyl (C=O) groups excluding carboxylic acids is 1. The molecule has 0 spiro atoms. The second kappa shape index (κ2) is 4.79. The Morgan fingerprint density at radius 2 is 1.82 bits per heavy atom. The van der Waals surface area contributed by atoms with E-state index in [2.05, 4.69) is 4.90 Å². The van der Waals surface area contributed by atoms with Crippen molar-refractivity contribution in [2.75, 3.05) is 19.0 Å². The highest BCUT2D eigenvalue weighted by Crippen LogP contribution is 2.56. The lowest BCUT2D eigenvalue weighted by Gasteiger charge is -2.32. The van der Waals surface area contributed by atoms with Gasteiger partial charge in [-0.3, -0.25) is 4.79 Å². The van der Waals surface area contributed by atoms with Crippen molar-refractivity contribution in [1.29, 1.82) is 0 Å². The molecule has 0 N–H and O–H groups in total. The van der Waals surface area contributed by atoms with Crippen LogP contribution in [0.5, 0.6) is 0 Å². The van der Waals surface area contributed by atoms with Gasteiger partial charge in [-0.2, -0.15) is 0 Å². The molecule has 17 heavy (non-hydrogen) atoms. The predicted octanol–water partition coefficient (Wildman–Crippen LogP) is 2.90. The molecule has 96 valence electrons. The number of hydrogen-bond acceptors (Lipinski definition) is 1. The van der Waals surface area contributed by atoms with E-state index in [9.17, 15) is 4.79 Å². The number of carbonyl (C=O) groups is 1. The molecule has 3 fully saturated rings. The van der Waals surface area contributed by atoms with E-state index >= 15 is 0 Å². The minimum Gasteiger partial charge on any atom is -0.342 e. The van der Waals surface area contributed by atoms with Crippen molar-refractivity contribution in [2.45, 2.75) is 38.5 Å². The zero-order valence-electron chi connectivity index (χ0n) is 10.4. The Morgan fingerprint density at radius 3 is 2.47 bits per heavy atom. The largest absolute Gasteiger partial charge is 0.342 e. The Hall–Kier alpha value is -0.240. The van der Waals surface area contributed by atoms with Gasteiger partial charge in [-0.05, 0) is 43.4 Å². The Bertz CT molecular complexity index is 295. The average Bonchev–Trinajstić information content (AvgIpc) is 3.12. The van der Waals surface area contributed by atoms with Gasteiger partial charge in [0, 0.05) is 24.9 Å². The SMILES string of the molecule is O=C(C1C2CCCCC21)N1CCCC(CCl)C1. The molecule has 2 aliphatic carbocycles. The van der Waals surface area contributed by atoms with Crippen molar-refractivity contribution < 1.29 is 4.79 Å². The number of hydrogen-bond donors (Lipinski definition) is 0. The maximum Gasteiger partial charge on any atom is 0.226 e. The summed E-state index contributed by atoms with van der Waals surface area (Å²) < 4.78 is 0. The van der Waals surface area contributed by atoms with Gasteiger partial charge in [-0.1, -0.05) is 12.8 Å². The molecule has 2 nitrogen and oxygen atoms in total. The maximum absolute atomic E-state index is 12.5. The van der Waals surface area contributed by atoms with Crippen LogP contribution in [0.3, 0.4) is 0 Å². The van der Waals surface area contributed by atoms with Gasteiger partial charge < -0.3 is 4.90 Å². The van der Waals surface area contributed by atoms with Gasteiger partial charge in [0.15, 0.2) is 0 Å². The lowest BCUT2D eigenvalue weighted by molar-refractivity contribution is -0.134. The highest BCUT2D eigenvalue weighted by Gasteiger charge is 2.55. The summed E-state index contributed by atoms with van der Waals surface area (Å²) in [5, 5.41) is 0. The first-order valence-electron chi connectivity index (χ1n) is 7.16. The van der Waals surface area contributed by atoms with Crippen LogP contribution in [0.15, 0.2) is 0 Å². The fourth-order valence-electron chi connectivity index (χ4n) is 3.96. The van der Waals surface area contributed by atoms with Gasteiger partial charge >= 0.3 is 0 Å². The molecule has 3 rings (SSSR count). The minimum absolute atomic E-state index is 0.395. The number of likely N-dealkylation sites (tertiary alicyclic amines) is 1. The first kappa shape index (κ1) is 11.8. The normalized spacial score (nSPS) is 40.9. The molecular formula is C14H22ClNO. The molecule has 3 atom stereocenters. The first-order chi connectivity index (χ1) is 8.31. The second-order valence-corrected chi connectivity index (χ2v) is 6.39. The molecule has 3 unspecified atom stereocenters. The van der Waals surface area contributed by atoms with Crippen LogP contribution in [0.2, 0.25) is 0 Å². The van der Waals surface area contributed by atoms with E-state index in [1.165, 1.54) is 32.1 Å². The number of fused-ring (bicyclic) bond motifs is 1. The van der Waals surface area contributed by atoms with Gasteiger partial charge in [-0.15, -0.1) is 11.6 Å². The number of amides is 1. The van der Waals surface area contributed by atoms with Gasteiger partial charge in [-0.25, -0.2) is 0 Å². The summed E-state index contributed by atoms with van der Waals surface area (Å²) in [7, 11) is 0. The smallest absolute Gasteiger partial charge is 0.226 e. The van der Waals surface area contributed by atoms with Crippen LogP contribution in [0, 0.1) is 23.7 Å². The number of rotatable bonds is 2. The van der Waals surface area contributed by atoms with Crippen LogP contribution in [0.25, 0.3) is 0 Å². The molecule has 3 aliphatic rings. The van der Waals surface area contributed by atoms with Crippen molar-refractivity contribution in [2.24, 2.45) is 23.7 Å². The molecule has 0 aromatic carbocycles. The Morgan fingerprint density at radius 1 is 1.12 bits per heavy atom. The van der Waals surface area contributed by atoms with Crippen LogP contribution < -0.4 is 0 Å². The third-order valence-electron chi connectivity index (χ3n) is 4.99. The quantitative estimate of drug-likeness (QED) is 0.695. The van der Waals surface area contributed by atoms with Crippen LogP contribution in [0.1, 0.15) is 38.5 Å². The summed E-state index contributed by atoms with van der Waals surface area (Å²) in [5.41, 5.74) is 0. The molecule has 0 aromatic heterocycles. The van der Waals surface area contributed by atoms with Gasteiger partial charge in [0.25, 0.3) is 0 Å². The molecule has 2 saturated carbocycles. The van der Waals surface area contributed by atoms with E-state index in [1.807, 2.05) is 0 Å². The average molecular weight is 256 g/mol. The van der Waals surface area contributed by atoms with Gasteiger partial charge in [0.1, 0.15) is 0 Å². The third-order valence-corrected chi connectivity index (χ3v) is 5.43. The topological polar surface area (TPSA) is 20.3 Å². The van der Waals surface area contributed by atoms with Crippen molar-refractivity contribution in [3.8, 4) is 0 Å². The summed E-state index contributed by atoms with van der Waals surface area (Å²) in [5.74, 6) is 3.58. The molecular weight excluding hydrogens is 234 g/mol. The van der Waals surface area contributed by atoms with Crippen molar-refractivity contribution >= 4 is 17.5 Å². The highest BCUT2D eigenvalue weighted by atomic mass is 35.5. The number of nitrogens with zero attached hydrogens (tertiary/aromatic N) is 1. The summed E-state index contributed by atoms with van der Waals surface area (Å²) in [6.07, 6.45) is 7.63. The minimum atomic E-state index is 0.395. The summed E-state index contributed by atoms with van der Waals surface area (Å²) in [6, 6.07) is 0. The van der Waals surface area contributed by atoms with E-state index in [0.717, 1.165) is 31.3 Å². The molecule has 0 radical (unpaired) electrons. The van der Waals surface area contributed by atoms with E-state index in [4.69, 9.17) is 11.6 Å². The summed E-state index contributed by atoms with van der Waals surface area (Å²) >= 11 is 5.93. The lowest BCUT2D eigenvalue weighted by Crippen LogP contribution is -2.41. The third kappa shape index (κ3) is 2.21. The van der Waals surface area contributed by atoms with Crippen LogP contribution in [-0.4, -0.2) is 29.8 Å². The monoisotopic (exact) mass is 255 g/mol. The summed E-state index contributed by atoms with van der Waals surface area (Å²) in [4.78, 5) is 14.6. The Balaban J connectivity index is 1.59. The zero-order valence-corrected chi connectivity index (χ0v) is 11.2. The second-order valence-electron chi connectivity index (χ2n) is 6.08. The van der Waals surface area contributed by atoms with Crippen LogP contribution in [-0.2, 0) is 4.79 Å². The molecule has 0 aromatic rings. The maximum atomic E-state index is 12.5. The van der Waals surface area contributed by atoms with E-state index in [0.29, 0.717) is 23.6 Å². The number of piperidine rings is 1. The van der Waals surface area contributed by atoms with Crippen molar-refractivity contribution in [3.63, 3.8) is 0 Å². The lowest BCUT2D eigenvalue weighted by atomic mass is 9.99. The van der Waals surface area contributed by atoms with Gasteiger partial charge in [0.2, 0.25) is 5.91 Å². The number of alkyl halides is 1. The first-order valence-corrected chi connectivity index (χ1v) is 7.69. The van der Waals surface area contributed by atoms with Crippen LogP contribution >= 0.6 is 11.6 Å². The molecule has 0 bridgehead atoms. The predicted molar refractivity (Wildman–Crippen MR) is 69.0 cm³/mol. The molecule has 3 heteroatoms. The van der Waals surface area contributed by atoms with Crippen molar-refractivity contribution in [3.05, 3.63) is 0 Å². The van der Waals surface area contributed by atoms with E-state index in [-0.39, 0.29) is 0 Å². The molecule has 1 amide bonds. The van der Waals surface area contributed by atoms with E-state index < -0.39 is 0 Å².